The van der Waals surface area contributed by atoms with Crippen molar-refractivity contribution in [3.63, 3.8) is 0 Å². The van der Waals surface area contributed by atoms with E-state index in [0.29, 0.717) is 23.3 Å². The minimum Gasteiger partial charge on any atom is -0.304 e. The second-order valence-electron chi connectivity index (χ2n) is 6.44. The Balaban J connectivity index is 1.66. The minimum absolute atomic E-state index is 0.182. The van der Waals surface area contributed by atoms with Gasteiger partial charge in [0.1, 0.15) is 5.82 Å². The zero-order valence-electron chi connectivity index (χ0n) is 14.3. The van der Waals surface area contributed by atoms with Gasteiger partial charge in [0.25, 0.3) is 5.91 Å². The van der Waals surface area contributed by atoms with Crippen molar-refractivity contribution in [1.29, 1.82) is 0 Å². The first-order valence-electron chi connectivity index (χ1n) is 8.53. The molecule has 1 aliphatic rings. The Labute approximate surface area is 156 Å². The Kier molecular flexibility index (Phi) is 4.42. The quantitative estimate of drug-likeness (QED) is 0.690. The first kappa shape index (κ1) is 16.7. The summed E-state index contributed by atoms with van der Waals surface area (Å²) < 4.78 is 1.65. The van der Waals surface area contributed by atoms with E-state index in [1.165, 1.54) is 0 Å². The molecule has 1 amide bonds. The van der Waals surface area contributed by atoms with Gasteiger partial charge in [0.2, 0.25) is 5.82 Å². The number of benzene rings is 1. The van der Waals surface area contributed by atoms with Crippen LogP contribution in [0.1, 0.15) is 29.3 Å². The van der Waals surface area contributed by atoms with Gasteiger partial charge in [-0.2, -0.15) is 0 Å². The Bertz CT molecular complexity index is 919. The third-order valence-electron chi connectivity index (χ3n) is 4.37. The van der Waals surface area contributed by atoms with Crippen LogP contribution in [0.4, 0.5) is 5.69 Å². The van der Waals surface area contributed by atoms with E-state index in [1.54, 1.807) is 34.1 Å². The van der Waals surface area contributed by atoms with Crippen molar-refractivity contribution in [1.82, 2.24) is 19.7 Å². The summed E-state index contributed by atoms with van der Waals surface area (Å²) >= 11 is 5.95. The number of hydrogen-bond acceptors (Lipinski definition) is 4. The molecule has 0 saturated heterocycles. The van der Waals surface area contributed by atoms with E-state index in [-0.39, 0.29) is 11.7 Å². The van der Waals surface area contributed by atoms with E-state index < -0.39 is 0 Å². The molecule has 2 aromatic heterocycles. The van der Waals surface area contributed by atoms with Gasteiger partial charge in [-0.1, -0.05) is 11.6 Å². The average Bonchev–Trinajstić information content (AvgIpc) is 3.40. The first-order valence-corrected chi connectivity index (χ1v) is 8.91. The van der Waals surface area contributed by atoms with Gasteiger partial charge >= 0.3 is 0 Å². The topological polar surface area (TPSA) is 63.9 Å². The molecule has 0 aliphatic heterocycles. The van der Waals surface area contributed by atoms with E-state index in [4.69, 9.17) is 11.6 Å². The highest BCUT2D eigenvalue weighted by Gasteiger charge is 2.30. The summed E-state index contributed by atoms with van der Waals surface area (Å²) in [6.07, 6.45) is 5.69. The number of pyridine rings is 1. The van der Waals surface area contributed by atoms with E-state index in [2.05, 4.69) is 15.1 Å². The molecule has 1 saturated carbocycles. The van der Waals surface area contributed by atoms with Crippen molar-refractivity contribution < 1.29 is 4.79 Å². The predicted molar refractivity (Wildman–Crippen MR) is 99.7 cm³/mol. The fourth-order valence-electron chi connectivity index (χ4n) is 2.81. The standard InChI is InChI=1S/C19H18ClN5O/c1-13-22-18(23-25(13)16-8-6-15(20)7-9-16)19(26)24(12-14-4-5-14)17-3-2-10-21-11-17/h2-3,6-11,14H,4-5,12H2,1H3. The van der Waals surface area contributed by atoms with Crippen molar-refractivity contribution in [2.24, 2.45) is 5.92 Å². The Morgan fingerprint density at radius 2 is 2.04 bits per heavy atom. The molecule has 26 heavy (non-hydrogen) atoms. The highest BCUT2D eigenvalue weighted by Crippen LogP contribution is 2.31. The zero-order valence-corrected chi connectivity index (χ0v) is 15.1. The number of rotatable bonds is 5. The van der Waals surface area contributed by atoms with Crippen LogP contribution in [0.3, 0.4) is 0 Å². The second-order valence-corrected chi connectivity index (χ2v) is 6.88. The summed E-state index contributed by atoms with van der Waals surface area (Å²) in [4.78, 5) is 23.4. The van der Waals surface area contributed by atoms with Crippen LogP contribution in [-0.4, -0.2) is 32.2 Å². The Hall–Kier alpha value is -2.73. The number of aryl methyl sites for hydroxylation is 1. The van der Waals surface area contributed by atoms with Crippen molar-refractivity contribution >= 4 is 23.2 Å². The van der Waals surface area contributed by atoms with Crippen LogP contribution in [0.25, 0.3) is 5.69 Å². The molecule has 4 rings (SSSR count). The normalized spacial score (nSPS) is 13.6. The van der Waals surface area contributed by atoms with Crippen LogP contribution in [0, 0.1) is 12.8 Å². The molecule has 0 unspecified atom stereocenters. The van der Waals surface area contributed by atoms with E-state index in [0.717, 1.165) is 24.2 Å². The summed E-state index contributed by atoms with van der Waals surface area (Å²) in [7, 11) is 0. The minimum atomic E-state index is -0.208. The van der Waals surface area contributed by atoms with Gasteiger partial charge in [-0.15, -0.1) is 5.10 Å². The summed E-state index contributed by atoms with van der Waals surface area (Å²) in [5.41, 5.74) is 1.58. The number of carbonyl (C=O) groups excluding carboxylic acids is 1. The summed E-state index contributed by atoms with van der Waals surface area (Å²) in [6.45, 7) is 2.49. The monoisotopic (exact) mass is 367 g/mol. The molecule has 1 aromatic carbocycles. The lowest BCUT2D eigenvalue weighted by Crippen LogP contribution is -2.33. The van der Waals surface area contributed by atoms with Gasteiger partial charge in [-0.05, 0) is 62.1 Å². The molecule has 0 atom stereocenters. The lowest BCUT2D eigenvalue weighted by Gasteiger charge is -2.20. The third-order valence-corrected chi connectivity index (χ3v) is 4.62. The number of anilines is 1. The molecule has 1 aliphatic carbocycles. The predicted octanol–water partition coefficient (Wildman–Crippen LogP) is 3.68. The number of aromatic nitrogens is 4. The molecule has 1 fully saturated rings. The zero-order chi connectivity index (χ0) is 18.1. The van der Waals surface area contributed by atoms with Gasteiger partial charge in [-0.25, -0.2) is 9.67 Å². The van der Waals surface area contributed by atoms with E-state index in [1.807, 2.05) is 31.2 Å². The van der Waals surface area contributed by atoms with Crippen molar-refractivity contribution in [3.05, 3.63) is 65.5 Å². The maximum absolute atomic E-state index is 13.1. The fourth-order valence-corrected chi connectivity index (χ4v) is 2.93. The summed E-state index contributed by atoms with van der Waals surface area (Å²) in [6, 6.07) is 11.0. The van der Waals surface area contributed by atoms with Crippen LogP contribution in [0.15, 0.2) is 48.8 Å². The maximum atomic E-state index is 13.1. The highest BCUT2D eigenvalue weighted by molar-refractivity contribution is 6.30. The molecule has 0 radical (unpaired) electrons. The fraction of sp³-hybridized carbons (Fsp3) is 0.263. The largest absolute Gasteiger partial charge is 0.304 e. The molecule has 132 valence electrons. The second kappa shape index (κ2) is 6.88. The van der Waals surface area contributed by atoms with Gasteiger partial charge in [0.15, 0.2) is 0 Å². The SMILES string of the molecule is Cc1nc(C(=O)N(CC2CC2)c2cccnc2)nn1-c1ccc(Cl)cc1. The van der Waals surface area contributed by atoms with Gasteiger partial charge in [0, 0.05) is 17.8 Å². The Morgan fingerprint density at radius 3 is 2.69 bits per heavy atom. The number of carbonyl (C=O) groups is 1. The summed E-state index contributed by atoms with van der Waals surface area (Å²) in [5.74, 6) is 1.16. The van der Waals surface area contributed by atoms with E-state index >= 15 is 0 Å². The number of halogens is 1. The lowest BCUT2D eigenvalue weighted by molar-refractivity contribution is 0.0975. The number of hydrogen-bond donors (Lipinski definition) is 0. The lowest BCUT2D eigenvalue weighted by atomic mass is 10.3. The van der Waals surface area contributed by atoms with Crippen molar-refractivity contribution in [2.75, 3.05) is 11.4 Å². The Morgan fingerprint density at radius 1 is 1.27 bits per heavy atom. The molecule has 3 aromatic rings. The molecule has 0 N–H and O–H groups in total. The molecule has 0 spiro atoms. The molecule has 0 bridgehead atoms. The van der Waals surface area contributed by atoms with Crippen molar-refractivity contribution in [3.8, 4) is 5.69 Å². The van der Waals surface area contributed by atoms with Gasteiger partial charge < -0.3 is 4.90 Å². The average molecular weight is 368 g/mol. The highest BCUT2D eigenvalue weighted by atomic mass is 35.5. The van der Waals surface area contributed by atoms with Crippen LogP contribution in [0.2, 0.25) is 5.02 Å². The third kappa shape index (κ3) is 3.46. The number of nitrogens with zero attached hydrogens (tertiary/aromatic N) is 5. The maximum Gasteiger partial charge on any atom is 0.298 e. The smallest absolute Gasteiger partial charge is 0.298 e. The molecular formula is C19H18ClN5O. The van der Waals surface area contributed by atoms with Crippen LogP contribution in [-0.2, 0) is 0 Å². The first-order chi connectivity index (χ1) is 12.6. The van der Waals surface area contributed by atoms with Crippen LogP contribution in [0.5, 0.6) is 0 Å². The number of amides is 1. The molecule has 2 heterocycles. The van der Waals surface area contributed by atoms with Crippen molar-refractivity contribution in [2.45, 2.75) is 19.8 Å². The van der Waals surface area contributed by atoms with Crippen LogP contribution >= 0.6 is 11.6 Å². The molecule has 6 nitrogen and oxygen atoms in total. The van der Waals surface area contributed by atoms with E-state index in [9.17, 15) is 4.79 Å². The summed E-state index contributed by atoms with van der Waals surface area (Å²) in [5, 5.41) is 5.08. The van der Waals surface area contributed by atoms with Gasteiger partial charge in [-0.3, -0.25) is 9.78 Å². The van der Waals surface area contributed by atoms with Gasteiger partial charge in [0.05, 0.1) is 17.6 Å². The van der Waals surface area contributed by atoms with Crippen LogP contribution < -0.4 is 4.90 Å². The molecular weight excluding hydrogens is 350 g/mol. The molecule has 7 heteroatoms.